The van der Waals surface area contributed by atoms with Crippen molar-refractivity contribution in [1.82, 2.24) is 0 Å². The van der Waals surface area contributed by atoms with Crippen molar-refractivity contribution >= 4 is 5.91 Å². The third kappa shape index (κ3) is 2.58. The summed E-state index contributed by atoms with van der Waals surface area (Å²) < 4.78 is 5.46. The molecule has 17 heavy (non-hydrogen) atoms. The van der Waals surface area contributed by atoms with E-state index in [0.29, 0.717) is 5.75 Å². The van der Waals surface area contributed by atoms with Gasteiger partial charge in [0.15, 0.2) is 6.10 Å². The van der Waals surface area contributed by atoms with Crippen molar-refractivity contribution in [3.63, 3.8) is 0 Å². The van der Waals surface area contributed by atoms with Gasteiger partial charge in [-0.3, -0.25) is 4.79 Å². The fourth-order valence-electron chi connectivity index (χ4n) is 2.15. The molecule has 1 aliphatic rings. The second kappa shape index (κ2) is 4.75. The third-order valence-electron chi connectivity index (χ3n) is 3.19. The van der Waals surface area contributed by atoms with Crippen LogP contribution in [0.3, 0.4) is 0 Å². The molecule has 2 atom stereocenters. The van der Waals surface area contributed by atoms with Gasteiger partial charge in [-0.15, -0.1) is 0 Å². The number of carbonyl (C=O) groups is 1. The zero-order valence-corrected chi connectivity index (χ0v) is 9.98. The molecule has 1 aromatic rings. The van der Waals surface area contributed by atoms with Gasteiger partial charge in [0, 0.05) is 6.04 Å². The van der Waals surface area contributed by atoms with E-state index in [1.165, 1.54) is 5.56 Å². The molecule has 0 saturated heterocycles. The van der Waals surface area contributed by atoms with Crippen molar-refractivity contribution in [1.29, 1.82) is 0 Å². The number of primary amides is 1. The van der Waals surface area contributed by atoms with Crippen LogP contribution < -0.4 is 16.2 Å². The quantitative estimate of drug-likeness (QED) is 0.826. The van der Waals surface area contributed by atoms with Crippen LogP contribution in [0.4, 0.5) is 0 Å². The number of hydrogen-bond acceptors (Lipinski definition) is 3. The number of rotatable bonds is 3. The molecule has 0 bridgehead atoms. The summed E-state index contributed by atoms with van der Waals surface area (Å²) in [6, 6.07) is 5.90. The van der Waals surface area contributed by atoms with Crippen molar-refractivity contribution < 1.29 is 9.53 Å². The minimum Gasteiger partial charge on any atom is -0.481 e. The molecule has 0 saturated carbocycles. The predicted molar refractivity (Wildman–Crippen MR) is 65.6 cm³/mol. The van der Waals surface area contributed by atoms with Crippen molar-refractivity contribution in [2.24, 2.45) is 11.5 Å². The molecule has 2 unspecified atom stereocenters. The summed E-state index contributed by atoms with van der Waals surface area (Å²) in [7, 11) is 0. The Balaban J connectivity index is 2.20. The van der Waals surface area contributed by atoms with Crippen LogP contribution in [0.5, 0.6) is 5.75 Å². The lowest BCUT2D eigenvalue weighted by Crippen LogP contribution is -2.30. The van der Waals surface area contributed by atoms with Crippen LogP contribution in [0.1, 0.15) is 36.9 Å². The van der Waals surface area contributed by atoms with Gasteiger partial charge in [-0.1, -0.05) is 6.07 Å². The van der Waals surface area contributed by atoms with E-state index >= 15 is 0 Å². The summed E-state index contributed by atoms with van der Waals surface area (Å²) >= 11 is 0. The molecule has 0 radical (unpaired) electrons. The fraction of sp³-hybridized carbons (Fsp3) is 0.462. The first-order valence-corrected chi connectivity index (χ1v) is 5.92. The summed E-state index contributed by atoms with van der Waals surface area (Å²) in [5.41, 5.74) is 13.6. The highest BCUT2D eigenvalue weighted by Gasteiger charge is 2.18. The Morgan fingerprint density at radius 2 is 2.29 bits per heavy atom. The molecular formula is C13H18N2O2. The van der Waals surface area contributed by atoms with Gasteiger partial charge in [0.05, 0.1) is 0 Å². The molecule has 2 rings (SSSR count). The third-order valence-corrected chi connectivity index (χ3v) is 3.19. The van der Waals surface area contributed by atoms with Crippen molar-refractivity contribution in [2.45, 2.75) is 38.3 Å². The Morgan fingerprint density at radius 1 is 1.53 bits per heavy atom. The van der Waals surface area contributed by atoms with Gasteiger partial charge in [0.25, 0.3) is 5.91 Å². The largest absolute Gasteiger partial charge is 0.481 e. The number of amides is 1. The van der Waals surface area contributed by atoms with E-state index < -0.39 is 12.0 Å². The van der Waals surface area contributed by atoms with Crippen LogP contribution >= 0.6 is 0 Å². The standard InChI is InChI=1S/C13H18N2O2/c1-8(13(15)16)17-10-6-5-9-3-2-4-12(14)11(9)7-10/h5-8,12H,2-4,14H2,1H3,(H2,15,16). The maximum Gasteiger partial charge on any atom is 0.258 e. The topological polar surface area (TPSA) is 78.3 Å². The second-order valence-corrected chi connectivity index (χ2v) is 4.52. The average molecular weight is 234 g/mol. The summed E-state index contributed by atoms with van der Waals surface area (Å²) in [4.78, 5) is 10.9. The number of ether oxygens (including phenoxy) is 1. The minimum absolute atomic E-state index is 0.0752. The number of nitrogens with two attached hydrogens (primary N) is 2. The zero-order valence-electron chi connectivity index (χ0n) is 9.98. The number of fused-ring (bicyclic) bond motifs is 1. The first kappa shape index (κ1) is 11.9. The van der Waals surface area contributed by atoms with Crippen LogP contribution in [0.2, 0.25) is 0 Å². The molecule has 4 nitrogen and oxygen atoms in total. The number of carbonyl (C=O) groups excluding carboxylic acids is 1. The maximum absolute atomic E-state index is 10.9. The predicted octanol–water partition coefficient (Wildman–Crippen LogP) is 1.28. The molecule has 1 aliphatic carbocycles. The summed E-state index contributed by atoms with van der Waals surface area (Å²) in [5, 5.41) is 0. The first-order valence-electron chi connectivity index (χ1n) is 5.92. The van der Waals surface area contributed by atoms with Gasteiger partial charge >= 0.3 is 0 Å². The molecule has 0 aliphatic heterocycles. The zero-order chi connectivity index (χ0) is 12.4. The van der Waals surface area contributed by atoms with Gasteiger partial charge in [-0.05, 0) is 49.4 Å². The Morgan fingerprint density at radius 3 is 3.00 bits per heavy atom. The molecule has 4 heteroatoms. The van der Waals surface area contributed by atoms with Gasteiger partial charge in [-0.25, -0.2) is 0 Å². The molecule has 0 fully saturated rings. The van der Waals surface area contributed by atoms with Crippen LogP contribution in [0.25, 0.3) is 0 Å². The number of benzene rings is 1. The lowest BCUT2D eigenvalue weighted by Gasteiger charge is -2.23. The summed E-state index contributed by atoms with van der Waals surface area (Å²) in [6.45, 7) is 1.64. The van der Waals surface area contributed by atoms with E-state index in [1.54, 1.807) is 6.92 Å². The maximum atomic E-state index is 10.9. The Labute approximate surface area is 101 Å². The molecule has 0 aromatic heterocycles. The molecule has 92 valence electrons. The van der Waals surface area contributed by atoms with Gasteiger partial charge in [0.2, 0.25) is 0 Å². The fourth-order valence-corrected chi connectivity index (χ4v) is 2.15. The smallest absolute Gasteiger partial charge is 0.258 e. The Hall–Kier alpha value is -1.55. The highest BCUT2D eigenvalue weighted by Crippen LogP contribution is 2.31. The molecule has 4 N–H and O–H groups in total. The monoisotopic (exact) mass is 234 g/mol. The molecular weight excluding hydrogens is 216 g/mol. The lowest BCUT2D eigenvalue weighted by atomic mass is 9.88. The Bertz CT molecular complexity index is 431. The van der Waals surface area contributed by atoms with Crippen LogP contribution in [-0.4, -0.2) is 12.0 Å². The summed E-state index contributed by atoms with van der Waals surface area (Å²) in [5.74, 6) is 0.194. The van der Waals surface area contributed by atoms with Gasteiger partial charge in [0.1, 0.15) is 5.75 Å². The van der Waals surface area contributed by atoms with E-state index in [2.05, 4.69) is 0 Å². The highest BCUT2D eigenvalue weighted by molar-refractivity contribution is 5.78. The molecule has 0 spiro atoms. The minimum atomic E-state index is -0.618. The molecule has 0 heterocycles. The summed E-state index contributed by atoms with van der Waals surface area (Å²) in [6.07, 6.45) is 2.58. The first-order chi connectivity index (χ1) is 8.08. The van der Waals surface area contributed by atoms with Crippen LogP contribution in [-0.2, 0) is 11.2 Å². The molecule has 1 aromatic carbocycles. The van der Waals surface area contributed by atoms with Crippen LogP contribution in [0, 0.1) is 0 Å². The van der Waals surface area contributed by atoms with Crippen LogP contribution in [0.15, 0.2) is 18.2 Å². The van der Waals surface area contributed by atoms with E-state index in [-0.39, 0.29) is 6.04 Å². The van der Waals surface area contributed by atoms with Gasteiger partial charge in [-0.2, -0.15) is 0 Å². The van der Waals surface area contributed by atoms with E-state index in [1.807, 2.05) is 18.2 Å². The average Bonchev–Trinajstić information content (AvgIpc) is 2.30. The number of hydrogen-bond donors (Lipinski definition) is 2. The van der Waals surface area contributed by atoms with E-state index in [4.69, 9.17) is 16.2 Å². The number of aryl methyl sites for hydroxylation is 1. The van der Waals surface area contributed by atoms with Gasteiger partial charge < -0.3 is 16.2 Å². The highest BCUT2D eigenvalue weighted by atomic mass is 16.5. The lowest BCUT2D eigenvalue weighted by molar-refractivity contribution is -0.123. The SMILES string of the molecule is CC(Oc1ccc2c(c1)C(N)CCC2)C(N)=O. The normalized spacial score (nSPS) is 20.5. The van der Waals surface area contributed by atoms with Crippen molar-refractivity contribution in [3.8, 4) is 5.75 Å². The molecule has 1 amide bonds. The Kier molecular flexibility index (Phi) is 3.33. The van der Waals surface area contributed by atoms with E-state index in [9.17, 15) is 4.79 Å². The van der Waals surface area contributed by atoms with E-state index in [0.717, 1.165) is 24.8 Å². The second-order valence-electron chi connectivity index (χ2n) is 4.52. The van der Waals surface area contributed by atoms with Crippen molar-refractivity contribution in [2.75, 3.05) is 0 Å². The van der Waals surface area contributed by atoms with Crippen molar-refractivity contribution in [3.05, 3.63) is 29.3 Å².